The second-order valence-corrected chi connectivity index (χ2v) is 4.70. The van der Waals surface area contributed by atoms with Gasteiger partial charge in [0.1, 0.15) is 0 Å². The van der Waals surface area contributed by atoms with E-state index in [1.54, 1.807) is 0 Å². The molecule has 1 aromatic heterocycles. The summed E-state index contributed by atoms with van der Waals surface area (Å²) in [6.07, 6.45) is 0.0958. The second-order valence-electron chi connectivity index (χ2n) is 3.78. The van der Waals surface area contributed by atoms with Crippen LogP contribution in [0, 0.1) is 18.6 Å². The predicted molar refractivity (Wildman–Crippen MR) is 63.4 cm³/mol. The van der Waals surface area contributed by atoms with Gasteiger partial charge in [0.05, 0.1) is 4.88 Å². The van der Waals surface area contributed by atoms with Gasteiger partial charge in [0.25, 0.3) is 0 Å². The Kier molecular flexibility index (Phi) is 3.33. The maximum Gasteiger partial charge on any atom is 0.177 e. The largest absolute Gasteiger partial charge is 0.293 e. The van der Waals surface area contributed by atoms with Gasteiger partial charge in [-0.05, 0) is 41.6 Å². The molecule has 0 saturated carbocycles. The zero-order chi connectivity index (χ0) is 12.4. The lowest BCUT2D eigenvalue weighted by Crippen LogP contribution is -2.03. The van der Waals surface area contributed by atoms with Crippen LogP contribution in [-0.2, 0) is 6.42 Å². The van der Waals surface area contributed by atoms with Crippen molar-refractivity contribution < 1.29 is 13.6 Å². The normalized spacial score (nSPS) is 10.5. The molecule has 0 fully saturated rings. The van der Waals surface area contributed by atoms with E-state index in [1.165, 1.54) is 17.4 Å². The first-order valence-corrected chi connectivity index (χ1v) is 5.97. The minimum absolute atomic E-state index is 0.0662. The molecule has 2 aromatic rings. The van der Waals surface area contributed by atoms with Crippen molar-refractivity contribution in [2.75, 3.05) is 0 Å². The molecule has 1 aromatic carbocycles. The molecule has 0 unspecified atom stereocenters. The number of hydrogen-bond donors (Lipinski definition) is 0. The fourth-order valence-corrected chi connectivity index (χ4v) is 2.44. The number of carbonyl (C=O) groups is 1. The molecule has 0 saturated heterocycles. The molecule has 0 N–H and O–H groups in total. The number of rotatable bonds is 3. The second kappa shape index (κ2) is 4.75. The molecular formula is C13H10F2OS. The summed E-state index contributed by atoms with van der Waals surface area (Å²) in [7, 11) is 0. The van der Waals surface area contributed by atoms with Gasteiger partial charge in [-0.3, -0.25) is 4.79 Å². The monoisotopic (exact) mass is 252 g/mol. The number of aryl methyl sites for hydroxylation is 1. The van der Waals surface area contributed by atoms with Gasteiger partial charge in [-0.2, -0.15) is 0 Å². The molecule has 0 aliphatic rings. The van der Waals surface area contributed by atoms with Crippen LogP contribution in [0.3, 0.4) is 0 Å². The van der Waals surface area contributed by atoms with Gasteiger partial charge in [-0.1, -0.05) is 6.07 Å². The maximum atomic E-state index is 13.0. The predicted octanol–water partition coefficient (Wildman–Crippen LogP) is 3.76. The van der Waals surface area contributed by atoms with Crippen LogP contribution in [0.5, 0.6) is 0 Å². The third kappa shape index (κ3) is 2.58. The number of Topliss-reactive ketones (excluding diaryl/α,β-unsaturated/α-hetero) is 1. The highest BCUT2D eigenvalue weighted by Crippen LogP contribution is 2.19. The number of halogens is 2. The van der Waals surface area contributed by atoms with Crippen LogP contribution in [0.15, 0.2) is 29.6 Å². The van der Waals surface area contributed by atoms with Crippen molar-refractivity contribution in [1.82, 2.24) is 0 Å². The summed E-state index contributed by atoms with van der Waals surface area (Å²) in [5, 5.41) is 1.84. The molecule has 1 nitrogen and oxygen atoms in total. The van der Waals surface area contributed by atoms with Crippen molar-refractivity contribution in [3.8, 4) is 0 Å². The van der Waals surface area contributed by atoms with E-state index < -0.39 is 11.6 Å². The van der Waals surface area contributed by atoms with E-state index in [9.17, 15) is 13.6 Å². The lowest BCUT2D eigenvalue weighted by molar-refractivity contribution is 0.0996. The quantitative estimate of drug-likeness (QED) is 0.760. The molecule has 0 bridgehead atoms. The van der Waals surface area contributed by atoms with Crippen molar-refractivity contribution in [1.29, 1.82) is 0 Å². The molecule has 88 valence electrons. The first kappa shape index (κ1) is 11.9. The summed E-state index contributed by atoms with van der Waals surface area (Å²) in [6.45, 7) is 1.86. The third-order valence-electron chi connectivity index (χ3n) is 2.46. The Balaban J connectivity index is 2.19. The summed E-state index contributed by atoms with van der Waals surface area (Å²) in [6, 6.07) is 5.40. The minimum Gasteiger partial charge on any atom is -0.293 e. The molecule has 4 heteroatoms. The fraction of sp³-hybridized carbons (Fsp3) is 0.154. The Bertz CT molecular complexity index is 560. The van der Waals surface area contributed by atoms with Crippen molar-refractivity contribution in [3.05, 3.63) is 57.3 Å². The number of hydrogen-bond acceptors (Lipinski definition) is 2. The van der Waals surface area contributed by atoms with E-state index in [0.29, 0.717) is 10.4 Å². The Morgan fingerprint density at radius 3 is 2.59 bits per heavy atom. The molecule has 0 aliphatic heterocycles. The first-order valence-electron chi connectivity index (χ1n) is 5.09. The Labute approximate surface area is 102 Å². The fourth-order valence-electron chi connectivity index (χ4n) is 1.57. The summed E-state index contributed by atoms with van der Waals surface area (Å²) < 4.78 is 25.7. The molecule has 2 rings (SSSR count). The van der Waals surface area contributed by atoms with E-state index in [0.717, 1.165) is 17.7 Å². The van der Waals surface area contributed by atoms with Crippen molar-refractivity contribution in [2.45, 2.75) is 13.3 Å². The zero-order valence-electron chi connectivity index (χ0n) is 9.17. The maximum absolute atomic E-state index is 13.0. The van der Waals surface area contributed by atoms with Crippen molar-refractivity contribution >= 4 is 17.1 Å². The molecule has 0 spiro atoms. The van der Waals surface area contributed by atoms with Crippen LogP contribution < -0.4 is 0 Å². The van der Waals surface area contributed by atoms with E-state index in [-0.39, 0.29) is 12.2 Å². The van der Waals surface area contributed by atoms with Gasteiger partial charge in [0.15, 0.2) is 17.4 Å². The van der Waals surface area contributed by atoms with E-state index >= 15 is 0 Å². The average Bonchev–Trinajstić information content (AvgIpc) is 2.70. The number of ketones is 1. The van der Waals surface area contributed by atoms with Gasteiger partial charge in [-0.15, -0.1) is 11.3 Å². The van der Waals surface area contributed by atoms with Gasteiger partial charge < -0.3 is 0 Å². The summed E-state index contributed by atoms with van der Waals surface area (Å²) >= 11 is 1.37. The number of thiophene rings is 1. The lowest BCUT2D eigenvalue weighted by atomic mass is 10.1. The van der Waals surface area contributed by atoms with E-state index in [2.05, 4.69) is 0 Å². The van der Waals surface area contributed by atoms with Crippen LogP contribution in [0.1, 0.15) is 20.8 Å². The zero-order valence-corrected chi connectivity index (χ0v) is 9.98. The van der Waals surface area contributed by atoms with Crippen LogP contribution in [0.4, 0.5) is 8.78 Å². The van der Waals surface area contributed by atoms with Gasteiger partial charge in [-0.25, -0.2) is 8.78 Å². The minimum atomic E-state index is -0.918. The Morgan fingerprint density at radius 2 is 2.00 bits per heavy atom. The SMILES string of the molecule is Cc1ccsc1C(=O)Cc1ccc(F)c(F)c1. The Hall–Kier alpha value is -1.55. The van der Waals surface area contributed by atoms with Crippen molar-refractivity contribution in [2.24, 2.45) is 0 Å². The summed E-state index contributed by atoms with van der Waals surface area (Å²) in [5.74, 6) is -1.88. The van der Waals surface area contributed by atoms with Gasteiger partial charge in [0.2, 0.25) is 0 Å². The lowest BCUT2D eigenvalue weighted by Gasteiger charge is -2.01. The molecule has 17 heavy (non-hydrogen) atoms. The third-order valence-corrected chi connectivity index (χ3v) is 3.52. The van der Waals surface area contributed by atoms with Crippen LogP contribution >= 0.6 is 11.3 Å². The van der Waals surface area contributed by atoms with Gasteiger partial charge in [0, 0.05) is 6.42 Å². The molecular weight excluding hydrogens is 242 g/mol. The molecule has 0 aliphatic carbocycles. The van der Waals surface area contributed by atoms with Crippen LogP contribution in [0.25, 0.3) is 0 Å². The van der Waals surface area contributed by atoms with Crippen molar-refractivity contribution in [3.63, 3.8) is 0 Å². The standard InChI is InChI=1S/C13H10F2OS/c1-8-4-5-17-13(8)12(16)7-9-2-3-10(14)11(15)6-9/h2-6H,7H2,1H3. The van der Waals surface area contributed by atoms with Crippen LogP contribution in [0.2, 0.25) is 0 Å². The van der Waals surface area contributed by atoms with E-state index in [4.69, 9.17) is 0 Å². The van der Waals surface area contributed by atoms with E-state index in [1.807, 2.05) is 18.4 Å². The molecule has 0 radical (unpaired) electrons. The average molecular weight is 252 g/mol. The van der Waals surface area contributed by atoms with Gasteiger partial charge >= 0.3 is 0 Å². The Morgan fingerprint density at radius 1 is 1.24 bits per heavy atom. The molecule has 0 atom stereocenters. The van der Waals surface area contributed by atoms with Crippen LogP contribution in [-0.4, -0.2) is 5.78 Å². The number of carbonyl (C=O) groups excluding carboxylic acids is 1. The topological polar surface area (TPSA) is 17.1 Å². The highest BCUT2D eigenvalue weighted by molar-refractivity contribution is 7.12. The molecule has 1 heterocycles. The first-order chi connectivity index (χ1) is 8.08. The smallest absolute Gasteiger partial charge is 0.177 e. The summed E-state index contributed by atoms with van der Waals surface area (Å²) in [5.41, 5.74) is 1.41. The molecule has 0 amide bonds. The highest BCUT2D eigenvalue weighted by Gasteiger charge is 2.12. The summed E-state index contributed by atoms with van der Waals surface area (Å²) in [4.78, 5) is 12.6. The highest BCUT2D eigenvalue weighted by atomic mass is 32.1. The number of benzene rings is 1.